The summed E-state index contributed by atoms with van der Waals surface area (Å²) in [6.45, 7) is 2.08. The monoisotopic (exact) mass is 240 g/mol. The molecule has 0 saturated carbocycles. The van der Waals surface area contributed by atoms with Crippen LogP contribution in [0.1, 0.15) is 23.9 Å². The normalized spacial score (nSPS) is 10.9. The van der Waals surface area contributed by atoms with E-state index in [1.807, 2.05) is 19.0 Å². The SMILES string of the molecule is CCCc1nc(N(C)C)sc1/C=C/C(=O)O. The Hall–Kier alpha value is -1.36. The third-order valence-corrected chi connectivity index (χ3v) is 3.19. The van der Waals surface area contributed by atoms with Crippen LogP contribution in [-0.4, -0.2) is 30.2 Å². The summed E-state index contributed by atoms with van der Waals surface area (Å²) in [5, 5.41) is 9.51. The van der Waals surface area contributed by atoms with Gasteiger partial charge in [0, 0.05) is 20.2 Å². The third kappa shape index (κ3) is 3.34. The summed E-state index contributed by atoms with van der Waals surface area (Å²) in [5.41, 5.74) is 0.980. The van der Waals surface area contributed by atoms with Crippen LogP contribution in [0.3, 0.4) is 0 Å². The largest absolute Gasteiger partial charge is 0.478 e. The maximum absolute atomic E-state index is 10.5. The molecule has 1 aromatic rings. The van der Waals surface area contributed by atoms with Gasteiger partial charge in [-0.15, -0.1) is 0 Å². The van der Waals surface area contributed by atoms with Gasteiger partial charge in [-0.1, -0.05) is 24.7 Å². The molecule has 1 aromatic heterocycles. The van der Waals surface area contributed by atoms with Crippen molar-refractivity contribution < 1.29 is 9.90 Å². The van der Waals surface area contributed by atoms with E-state index in [1.165, 1.54) is 11.3 Å². The van der Waals surface area contributed by atoms with Crippen molar-refractivity contribution in [1.29, 1.82) is 0 Å². The minimum Gasteiger partial charge on any atom is -0.478 e. The molecule has 0 unspecified atom stereocenters. The number of carboxylic acids is 1. The van der Waals surface area contributed by atoms with Crippen molar-refractivity contribution in [3.05, 3.63) is 16.6 Å². The number of hydrogen-bond acceptors (Lipinski definition) is 4. The molecule has 1 heterocycles. The second kappa shape index (κ2) is 5.65. The average Bonchev–Trinajstić information content (AvgIpc) is 2.59. The zero-order valence-corrected chi connectivity index (χ0v) is 10.5. The zero-order chi connectivity index (χ0) is 12.1. The molecule has 0 amide bonds. The van der Waals surface area contributed by atoms with E-state index in [4.69, 9.17) is 5.11 Å². The van der Waals surface area contributed by atoms with Gasteiger partial charge in [0.1, 0.15) is 0 Å². The first-order valence-electron chi connectivity index (χ1n) is 5.12. The molecule has 0 bridgehead atoms. The standard InChI is InChI=1S/C11H16N2O2S/c1-4-5-8-9(6-7-10(14)15)16-11(12-8)13(2)3/h6-7H,4-5H2,1-3H3,(H,14,15)/b7-6+. The van der Waals surface area contributed by atoms with Gasteiger partial charge in [0.2, 0.25) is 0 Å². The van der Waals surface area contributed by atoms with Crippen LogP contribution < -0.4 is 4.90 Å². The fourth-order valence-electron chi connectivity index (χ4n) is 1.24. The predicted octanol–water partition coefficient (Wildman–Crippen LogP) is 2.26. The highest BCUT2D eigenvalue weighted by atomic mass is 32.1. The molecule has 5 heteroatoms. The molecule has 1 N–H and O–H groups in total. The van der Waals surface area contributed by atoms with Crippen molar-refractivity contribution >= 4 is 28.5 Å². The quantitative estimate of drug-likeness (QED) is 0.802. The number of rotatable bonds is 5. The van der Waals surface area contributed by atoms with Crippen LogP contribution in [0.5, 0.6) is 0 Å². The zero-order valence-electron chi connectivity index (χ0n) is 9.73. The number of nitrogens with zero attached hydrogens (tertiary/aromatic N) is 2. The van der Waals surface area contributed by atoms with E-state index in [0.717, 1.165) is 34.6 Å². The van der Waals surface area contributed by atoms with Crippen LogP contribution in [0.4, 0.5) is 5.13 Å². The number of anilines is 1. The number of aryl methyl sites for hydroxylation is 1. The predicted molar refractivity (Wildman–Crippen MR) is 67.1 cm³/mol. The minimum atomic E-state index is -0.928. The summed E-state index contributed by atoms with van der Waals surface area (Å²) in [6, 6.07) is 0. The molecule has 0 atom stereocenters. The molecular weight excluding hydrogens is 224 g/mol. The van der Waals surface area contributed by atoms with Crippen LogP contribution in [0.2, 0.25) is 0 Å². The van der Waals surface area contributed by atoms with Gasteiger partial charge >= 0.3 is 5.97 Å². The fraction of sp³-hybridized carbons (Fsp3) is 0.455. The van der Waals surface area contributed by atoms with E-state index in [0.29, 0.717) is 0 Å². The Morgan fingerprint density at radius 3 is 2.75 bits per heavy atom. The molecule has 0 spiro atoms. The summed E-state index contributed by atoms with van der Waals surface area (Å²) < 4.78 is 0. The molecule has 1 rings (SSSR count). The first-order chi connectivity index (χ1) is 7.54. The van der Waals surface area contributed by atoms with Crippen molar-refractivity contribution in [2.24, 2.45) is 0 Å². The van der Waals surface area contributed by atoms with Crippen LogP contribution in [0.25, 0.3) is 6.08 Å². The summed E-state index contributed by atoms with van der Waals surface area (Å²) in [4.78, 5) is 17.8. The third-order valence-electron chi connectivity index (χ3n) is 1.96. The van der Waals surface area contributed by atoms with Crippen LogP contribution >= 0.6 is 11.3 Å². The Bertz CT molecular complexity index is 397. The Kier molecular flexibility index (Phi) is 4.49. The van der Waals surface area contributed by atoms with E-state index >= 15 is 0 Å². The number of carbonyl (C=O) groups is 1. The Labute approximate surface area is 99.2 Å². The lowest BCUT2D eigenvalue weighted by Gasteiger charge is -2.05. The lowest BCUT2D eigenvalue weighted by molar-refractivity contribution is -0.131. The molecule has 0 aliphatic carbocycles. The highest BCUT2D eigenvalue weighted by molar-refractivity contribution is 7.16. The van der Waals surface area contributed by atoms with E-state index in [9.17, 15) is 4.79 Å². The summed E-state index contributed by atoms with van der Waals surface area (Å²) in [6.07, 6.45) is 4.66. The van der Waals surface area contributed by atoms with Gasteiger partial charge in [-0.2, -0.15) is 0 Å². The maximum atomic E-state index is 10.5. The van der Waals surface area contributed by atoms with Crippen LogP contribution in [0.15, 0.2) is 6.08 Å². The molecule has 0 fully saturated rings. The molecular formula is C11H16N2O2S. The van der Waals surface area contributed by atoms with Gasteiger partial charge in [-0.25, -0.2) is 9.78 Å². The first kappa shape index (κ1) is 12.7. The van der Waals surface area contributed by atoms with Gasteiger partial charge in [0.15, 0.2) is 5.13 Å². The molecule has 4 nitrogen and oxygen atoms in total. The Morgan fingerprint density at radius 2 is 2.25 bits per heavy atom. The van der Waals surface area contributed by atoms with E-state index < -0.39 is 5.97 Å². The van der Waals surface area contributed by atoms with E-state index in [2.05, 4.69) is 11.9 Å². The first-order valence-corrected chi connectivity index (χ1v) is 5.94. The highest BCUT2D eigenvalue weighted by Gasteiger charge is 2.09. The Morgan fingerprint density at radius 1 is 1.56 bits per heavy atom. The van der Waals surface area contributed by atoms with Crippen molar-refractivity contribution in [3.8, 4) is 0 Å². The van der Waals surface area contributed by atoms with Gasteiger partial charge in [0.25, 0.3) is 0 Å². The molecule has 0 aromatic carbocycles. The second-order valence-corrected chi connectivity index (χ2v) is 4.63. The maximum Gasteiger partial charge on any atom is 0.328 e. The van der Waals surface area contributed by atoms with Gasteiger partial charge < -0.3 is 10.0 Å². The Balaban J connectivity index is 2.99. The topological polar surface area (TPSA) is 53.4 Å². The minimum absolute atomic E-state index is 0.879. The molecule has 0 aliphatic heterocycles. The summed E-state index contributed by atoms with van der Waals surface area (Å²) >= 11 is 1.51. The van der Waals surface area contributed by atoms with Crippen LogP contribution in [-0.2, 0) is 11.2 Å². The van der Waals surface area contributed by atoms with Gasteiger partial charge in [-0.05, 0) is 12.5 Å². The fourth-order valence-corrected chi connectivity index (χ4v) is 2.17. The highest BCUT2D eigenvalue weighted by Crippen LogP contribution is 2.27. The molecule has 0 radical (unpaired) electrons. The van der Waals surface area contributed by atoms with Crippen molar-refractivity contribution in [1.82, 2.24) is 4.98 Å². The number of carboxylic acid groups (broad SMARTS) is 1. The summed E-state index contributed by atoms with van der Waals surface area (Å²) in [7, 11) is 3.86. The number of aromatic nitrogens is 1. The van der Waals surface area contributed by atoms with E-state index in [1.54, 1.807) is 6.08 Å². The number of thiazole rings is 1. The number of aliphatic carboxylic acids is 1. The molecule has 88 valence electrons. The molecule has 0 aliphatic rings. The average molecular weight is 240 g/mol. The van der Waals surface area contributed by atoms with E-state index in [-0.39, 0.29) is 0 Å². The summed E-state index contributed by atoms with van der Waals surface area (Å²) in [5.74, 6) is -0.928. The van der Waals surface area contributed by atoms with Crippen molar-refractivity contribution in [3.63, 3.8) is 0 Å². The lowest BCUT2D eigenvalue weighted by Crippen LogP contribution is -2.07. The van der Waals surface area contributed by atoms with Crippen LogP contribution in [0, 0.1) is 0 Å². The smallest absolute Gasteiger partial charge is 0.328 e. The van der Waals surface area contributed by atoms with Gasteiger partial charge in [0.05, 0.1) is 10.6 Å². The molecule has 16 heavy (non-hydrogen) atoms. The van der Waals surface area contributed by atoms with Gasteiger partial charge in [-0.3, -0.25) is 0 Å². The number of hydrogen-bond donors (Lipinski definition) is 1. The lowest BCUT2D eigenvalue weighted by atomic mass is 10.2. The second-order valence-electron chi connectivity index (χ2n) is 3.62. The molecule has 0 saturated heterocycles. The van der Waals surface area contributed by atoms with Crippen molar-refractivity contribution in [2.75, 3.05) is 19.0 Å². The van der Waals surface area contributed by atoms with Crippen molar-refractivity contribution in [2.45, 2.75) is 19.8 Å².